The lowest BCUT2D eigenvalue weighted by atomic mass is 9.98. The number of carboxylic acid groups (broad SMARTS) is 1. The molecule has 1 saturated heterocycles. The van der Waals surface area contributed by atoms with E-state index < -0.39 is 5.97 Å². The minimum Gasteiger partial charge on any atom is -0.481 e. The highest BCUT2D eigenvalue weighted by molar-refractivity contribution is 5.78. The number of likely N-dealkylation sites (tertiary alicyclic amines) is 1. The van der Waals surface area contributed by atoms with Crippen molar-refractivity contribution in [3.8, 4) is 0 Å². The molecule has 98 valence electrons. The fourth-order valence-corrected chi connectivity index (χ4v) is 2.27. The van der Waals surface area contributed by atoms with Gasteiger partial charge in [0, 0.05) is 19.6 Å². The highest BCUT2D eigenvalue weighted by atomic mass is 16.4. The number of carbonyl (C=O) groups is 2. The lowest BCUT2D eigenvalue weighted by molar-refractivity contribution is -0.144. The number of hydrogen-bond donors (Lipinski definition) is 1. The van der Waals surface area contributed by atoms with Gasteiger partial charge in [-0.25, -0.2) is 0 Å². The Balaban J connectivity index is 2.45. The van der Waals surface area contributed by atoms with Crippen LogP contribution in [0.4, 0.5) is 0 Å². The van der Waals surface area contributed by atoms with Crippen molar-refractivity contribution in [2.45, 2.75) is 26.7 Å². The number of piperidine rings is 1. The fourth-order valence-electron chi connectivity index (χ4n) is 2.27. The highest BCUT2D eigenvalue weighted by Crippen LogP contribution is 2.16. The van der Waals surface area contributed by atoms with Crippen molar-refractivity contribution in [2.75, 3.05) is 32.7 Å². The van der Waals surface area contributed by atoms with Crippen LogP contribution in [0.3, 0.4) is 0 Å². The van der Waals surface area contributed by atoms with E-state index in [-0.39, 0.29) is 11.8 Å². The Labute approximate surface area is 102 Å². The third-order valence-corrected chi connectivity index (χ3v) is 3.33. The molecule has 0 aromatic heterocycles. The van der Waals surface area contributed by atoms with Crippen LogP contribution < -0.4 is 0 Å². The first kappa shape index (κ1) is 14.0. The van der Waals surface area contributed by atoms with Gasteiger partial charge in [0.15, 0.2) is 0 Å². The summed E-state index contributed by atoms with van der Waals surface area (Å²) < 4.78 is 0. The maximum absolute atomic E-state index is 11.9. The maximum Gasteiger partial charge on any atom is 0.307 e. The van der Waals surface area contributed by atoms with E-state index in [9.17, 15) is 9.59 Å². The minimum absolute atomic E-state index is 0.0982. The molecule has 1 N–H and O–H groups in total. The van der Waals surface area contributed by atoms with Gasteiger partial charge < -0.3 is 10.0 Å². The normalized spacial score (nSPS) is 21.2. The zero-order chi connectivity index (χ0) is 12.8. The first-order valence-electron chi connectivity index (χ1n) is 6.31. The van der Waals surface area contributed by atoms with E-state index in [2.05, 4.69) is 0 Å². The van der Waals surface area contributed by atoms with Crippen molar-refractivity contribution in [3.63, 3.8) is 0 Å². The van der Waals surface area contributed by atoms with Crippen LogP contribution in [0, 0.1) is 5.92 Å². The second-order valence-electron chi connectivity index (χ2n) is 4.48. The molecule has 1 rings (SSSR count). The maximum atomic E-state index is 11.9. The van der Waals surface area contributed by atoms with Crippen molar-refractivity contribution in [3.05, 3.63) is 0 Å². The molecule has 17 heavy (non-hydrogen) atoms. The van der Waals surface area contributed by atoms with Crippen LogP contribution in [0.1, 0.15) is 26.7 Å². The molecule has 5 nitrogen and oxygen atoms in total. The van der Waals surface area contributed by atoms with Gasteiger partial charge in [0.2, 0.25) is 5.91 Å². The number of nitrogens with zero attached hydrogens (tertiary/aromatic N) is 2. The molecule has 1 unspecified atom stereocenters. The fraction of sp³-hybridized carbons (Fsp3) is 0.833. The zero-order valence-corrected chi connectivity index (χ0v) is 10.7. The zero-order valence-electron chi connectivity index (χ0n) is 10.7. The standard InChI is InChI=1S/C12H22N2O3/c1-3-14(4-2)11(15)9-13-7-5-6-10(8-13)12(16)17/h10H,3-9H2,1-2H3,(H,16,17). The topological polar surface area (TPSA) is 60.9 Å². The quantitative estimate of drug-likeness (QED) is 0.769. The third-order valence-electron chi connectivity index (χ3n) is 3.33. The number of hydrogen-bond acceptors (Lipinski definition) is 3. The van der Waals surface area contributed by atoms with E-state index in [1.165, 1.54) is 0 Å². The monoisotopic (exact) mass is 242 g/mol. The minimum atomic E-state index is -0.745. The SMILES string of the molecule is CCN(CC)C(=O)CN1CCCC(C(=O)O)C1. The van der Waals surface area contributed by atoms with Gasteiger partial charge in [0.25, 0.3) is 0 Å². The summed E-state index contributed by atoms with van der Waals surface area (Å²) in [5.41, 5.74) is 0. The Hall–Kier alpha value is -1.10. The number of likely N-dealkylation sites (N-methyl/N-ethyl adjacent to an activating group) is 1. The predicted octanol–water partition coefficient (Wildman–Crippen LogP) is 0.651. The van der Waals surface area contributed by atoms with Gasteiger partial charge in [-0.15, -0.1) is 0 Å². The van der Waals surface area contributed by atoms with Crippen LogP contribution in [0.25, 0.3) is 0 Å². The Morgan fingerprint density at radius 3 is 2.53 bits per heavy atom. The van der Waals surface area contributed by atoms with Crippen LogP contribution in [0.15, 0.2) is 0 Å². The lowest BCUT2D eigenvalue weighted by Crippen LogP contribution is -2.45. The van der Waals surface area contributed by atoms with Crippen molar-refractivity contribution < 1.29 is 14.7 Å². The lowest BCUT2D eigenvalue weighted by Gasteiger charge is -2.31. The molecule has 0 bridgehead atoms. The van der Waals surface area contributed by atoms with Gasteiger partial charge in [0.05, 0.1) is 12.5 Å². The number of carboxylic acids is 1. The highest BCUT2D eigenvalue weighted by Gasteiger charge is 2.26. The average molecular weight is 242 g/mol. The molecule has 1 heterocycles. The van der Waals surface area contributed by atoms with Crippen molar-refractivity contribution in [2.24, 2.45) is 5.92 Å². The van der Waals surface area contributed by atoms with Crippen molar-refractivity contribution in [1.29, 1.82) is 0 Å². The first-order chi connectivity index (χ1) is 8.08. The van der Waals surface area contributed by atoms with E-state index in [0.717, 1.165) is 19.4 Å². The summed E-state index contributed by atoms with van der Waals surface area (Å²) in [7, 11) is 0. The number of rotatable bonds is 5. The van der Waals surface area contributed by atoms with Gasteiger partial charge in [-0.3, -0.25) is 14.5 Å². The van der Waals surface area contributed by atoms with Gasteiger partial charge in [-0.2, -0.15) is 0 Å². The predicted molar refractivity (Wildman–Crippen MR) is 64.7 cm³/mol. The Morgan fingerprint density at radius 1 is 1.35 bits per heavy atom. The van der Waals surface area contributed by atoms with E-state index >= 15 is 0 Å². The van der Waals surface area contributed by atoms with Gasteiger partial charge in [0.1, 0.15) is 0 Å². The molecule has 1 aliphatic rings. The molecule has 0 aliphatic carbocycles. The largest absolute Gasteiger partial charge is 0.481 e. The Kier molecular flexibility index (Phi) is 5.41. The summed E-state index contributed by atoms with van der Waals surface area (Å²) in [5.74, 6) is -0.959. The molecular weight excluding hydrogens is 220 g/mol. The molecule has 1 aliphatic heterocycles. The van der Waals surface area contributed by atoms with Crippen LogP contribution in [-0.4, -0.2) is 59.5 Å². The number of carbonyl (C=O) groups excluding carboxylic acids is 1. The molecule has 1 atom stereocenters. The molecule has 0 aromatic rings. The molecule has 0 spiro atoms. The van der Waals surface area contributed by atoms with Crippen molar-refractivity contribution >= 4 is 11.9 Å². The van der Waals surface area contributed by atoms with E-state index in [4.69, 9.17) is 5.11 Å². The first-order valence-corrected chi connectivity index (χ1v) is 6.31. The summed E-state index contributed by atoms with van der Waals surface area (Å²) >= 11 is 0. The van der Waals surface area contributed by atoms with Crippen molar-refractivity contribution in [1.82, 2.24) is 9.80 Å². The smallest absolute Gasteiger partial charge is 0.307 e. The van der Waals surface area contributed by atoms with Crippen LogP contribution in [-0.2, 0) is 9.59 Å². The summed E-state index contributed by atoms with van der Waals surface area (Å²) in [6.07, 6.45) is 1.59. The Morgan fingerprint density at radius 2 is 2.00 bits per heavy atom. The van der Waals surface area contributed by atoms with Crippen LogP contribution in [0.2, 0.25) is 0 Å². The average Bonchev–Trinajstić information content (AvgIpc) is 2.30. The van der Waals surface area contributed by atoms with Crippen LogP contribution in [0.5, 0.6) is 0 Å². The van der Waals surface area contributed by atoms with E-state index in [1.807, 2.05) is 18.7 Å². The van der Waals surface area contributed by atoms with E-state index in [1.54, 1.807) is 4.90 Å². The summed E-state index contributed by atoms with van der Waals surface area (Å²) in [6.45, 7) is 7.02. The second kappa shape index (κ2) is 6.59. The molecule has 5 heteroatoms. The third kappa shape index (κ3) is 4.00. The van der Waals surface area contributed by atoms with Gasteiger partial charge in [-0.05, 0) is 33.2 Å². The molecule has 1 fully saturated rings. The second-order valence-corrected chi connectivity index (χ2v) is 4.48. The summed E-state index contributed by atoms with van der Waals surface area (Å²) in [6, 6.07) is 0. The van der Waals surface area contributed by atoms with Crippen LogP contribution >= 0.6 is 0 Å². The summed E-state index contributed by atoms with van der Waals surface area (Å²) in [4.78, 5) is 26.5. The molecule has 1 amide bonds. The molecular formula is C12H22N2O3. The number of amides is 1. The van der Waals surface area contributed by atoms with Gasteiger partial charge >= 0.3 is 5.97 Å². The van der Waals surface area contributed by atoms with E-state index in [0.29, 0.717) is 26.2 Å². The Bertz CT molecular complexity index is 277. The summed E-state index contributed by atoms with van der Waals surface area (Å²) in [5, 5.41) is 8.97. The molecule has 0 saturated carbocycles. The molecule has 0 aromatic carbocycles. The van der Waals surface area contributed by atoms with Gasteiger partial charge in [-0.1, -0.05) is 0 Å². The molecule has 0 radical (unpaired) electrons. The number of aliphatic carboxylic acids is 1.